The third-order valence-corrected chi connectivity index (χ3v) is 1.66. The first-order valence-electron chi connectivity index (χ1n) is 4.10. The zero-order valence-corrected chi connectivity index (χ0v) is 7.74. The van der Waals surface area contributed by atoms with Gasteiger partial charge in [0.1, 0.15) is 6.54 Å². The van der Waals surface area contributed by atoms with Crippen LogP contribution in [0.15, 0.2) is 12.2 Å². The molecule has 6 nitrogen and oxygen atoms in total. The van der Waals surface area contributed by atoms with Crippen LogP contribution in [0.1, 0.15) is 0 Å². The highest BCUT2D eigenvalue weighted by Crippen LogP contribution is 2.01. The molecular formula is C8H11N3O3. The summed E-state index contributed by atoms with van der Waals surface area (Å²) in [5, 5.41) is 5.19. The summed E-state index contributed by atoms with van der Waals surface area (Å²) in [4.78, 5) is 34.0. The Morgan fingerprint density at radius 2 is 1.93 bits per heavy atom. The fourth-order valence-corrected chi connectivity index (χ4v) is 0.973. The molecule has 1 heterocycles. The molecule has 0 atom stereocenters. The summed E-state index contributed by atoms with van der Waals surface area (Å²) < 4.78 is 0. The smallest absolute Gasteiger partial charge is 0.254 e. The summed E-state index contributed by atoms with van der Waals surface area (Å²) in [5.41, 5.74) is 0. The Kier molecular flexibility index (Phi) is 3.35. The zero-order chi connectivity index (χ0) is 10.6. The van der Waals surface area contributed by atoms with Gasteiger partial charge in [-0.25, -0.2) is 0 Å². The highest BCUT2D eigenvalue weighted by atomic mass is 16.2. The van der Waals surface area contributed by atoms with Gasteiger partial charge in [-0.2, -0.15) is 0 Å². The van der Waals surface area contributed by atoms with Crippen molar-refractivity contribution >= 4 is 17.7 Å². The van der Waals surface area contributed by atoms with Gasteiger partial charge in [0.2, 0.25) is 5.91 Å². The largest absolute Gasteiger partial charge is 0.342 e. The Labute approximate surface area is 80.9 Å². The lowest BCUT2D eigenvalue weighted by molar-refractivity contribution is -0.141. The van der Waals surface area contributed by atoms with E-state index in [4.69, 9.17) is 0 Å². The minimum atomic E-state index is -0.449. The van der Waals surface area contributed by atoms with Crippen LogP contribution in [0.2, 0.25) is 0 Å². The zero-order valence-electron chi connectivity index (χ0n) is 7.74. The van der Waals surface area contributed by atoms with Gasteiger partial charge in [0, 0.05) is 12.2 Å². The quantitative estimate of drug-likeness (QED) is 0.412. The first-order valence-corrected chi connectivity index (χ1v) is 4.10. The van der Waals surface area contributed by atoms with Gasteiger partial charge in [0.25, 0.3) is 11.8 Å². The molecule has 1 rings (SSSR count). The van der Waals surface area contributed by atoms with E-state index >= 15 is 0 Å². The van der Waals surface area contributed by atoms with E-state index in [1.54, 1.807) is 7.05 Å². The maximum absolute atomic E-state index is 11.1. The van der Waals surface area contributed by atoms with Crippen molar-refractivity contribution in [3.63, 3.8) is 0 Å². The van der Waals surface area contributed by atoms with Crippen LogP contribution in [0.3, 0.4) is 0 Å². The van der Waals surface area contributed by atoms with Gasteiger partial charge in [0.05, 0.1) is 6.67 Å². The van der Waals surface area contributed by atoms with Crippen LogP contribution < -0.4 is 10.6 Å². The standard InChI is InChI=1S/C8H11N3O3/c1-9-5-10-6(12)4-11-7(13)2-3-8(11)14/h2-3,9H,4-5H2,1H3,(H,10,12). The summed E-state index contributed by atoms with van der Waals surface area (Å²) in [7, 11) is 1.67. The molecule has 0 aliphatic carbocycles. The summed E-state index contributed by atoms with van der Waals surface area (Å²) in [6.45, 7) is 0.0782. The molecule has 0 aromatic heterocycles. The fourth-order valence-electron chi connectivity index (χ4n) is 0.973. The number of carbonyl (C=O) groups is 3. The highest BCUT2D eigenvalue weighted by molar-refractivity contribution is 6.14. The average molecular weight is 197 g/mol. The number of imide groups is 1. The molecule has 76 valence electrons. The Bertz CT molecular complexity index is 280. The first-order chi connectivity index (χ1) is 6.65. The Balaban J connectivity index is 2.41. The van der Waals surface area contributed by atoms with Crippen LogP contribution in [0.25, 0.3) is 0 Å². The van der Waals surface area contributed by atoms with Gasteiger partial charge in [-0.05, 0) is 7.05 Å². The van der Waals surface area contributed by atoms with Gasteiger partial charge < -0.3 is 10.6 Å². The third-order valence-electron chi connectivity index (χ3n) is 1.66. The highest BCUT2D eigenvalue weighted by Gasteiger charge is 2.25. The Morgan fingerprint density at radius 1 is 1.36 bits per heavy atom. The molecule has 0 radical (unpaired) electrons. The van der Waals surface area contributed by atoms with Gasteiger partial charge in [-0.1, -0.05) is 0 Å². The monoisotopic (exact) mass is 197 g/mol. The van der Waals surface area contributed by atoms with Crippen molar-refractivity contribution < 1.29 is 14.4 Å². The van der Waals surface area contributed by atoms with Crippen LogP contribution in [0, 0.1) is 0 Å². The number of nitrogens with one attached hydrogen (secondary N) is 2. The lowest BCUT2D eigenvalue weighted by Gasteiger charge is -2.12. The number of nitrogens with zero attached hydrogens (tertiary/aromatic N) is 1. The molecule has 0 aromatic carbocycles. The van der Waals surface area contributed by atoms with E-state index < -0.39 is 11.8 Å². The van der Waals surface area contributed by atoms with Crippen molar-refractivity contribution in [3.8, 4) is 0 Å². The number of hydrogen-bond donors (Lipinski definition) is 2. The van der Waals surface area contributed by atoms with Crippen LogP contribution in [-0.2, 0) is 14.4 Å². The van der Waals surface area contributed by atoms with Crippen LogP contribution >= 0.6 is 0 Å². The van der Waals surface area contributed by atoms with E-state index in [1.165, 1.54) is 0 Å². The average Bonchev–Trinajstić information content (AvgIpc) is 2.46. The molecule has 14 heavy (non-hydrogen) atoms. The molecule has 0 aromatic rings. The SMILES string of the molecule is CNCNC(=O)CN1C(=O)C=CC1=O. The molecule has 0 fully saturated rings. The number of amides is 3. The molecule has 0 bridgehead atoms. The molecule has 3 amide bonds. The van der Waals surface area contributed by atoms with Crippen molar-refractivity contribution in [3.05, 3.63) is 12.2 Å². The van der Waals surface area contributed by atoms with E-state index in [0.29, 0.717) is 6.67 Å². The van der Waals surface area contributed by atoms with E-state index in [9.17, 15) is 14.4 Å². The Morgan fingerprint density at radius 3 is 2.43 bits per heavy atom. The second-order valence-electron chi connectivity index (χ2n) is 2.73. The van der Waals surface area contributed by atoms with Crippen molar-refractivity contribution in [1.82, 2.24) is 15.5 Å². The number of rotatable bonds is 4. The normalized spacial score (nSPS) is 15.1. The van der Waals surface area contributed by atoms with Gasteiger partial charge in [-0.3, -0.25) is 19.3 Å². The lowest BCUT2D eigenvalue weighted by Crippen LogP contribution is -2.42. The number of hydrogen-bond acceptors (Lipinski definition) is 4. The lowest BCUT2D eigenvalue weighted by atomic mass is 10.5. The van der Waals surface area contributed by atoms with Crippen LogP contribution in [0.5, 0.6) is 0 Å². The molecule has 1 aliphatic heterocycles. The van der Waals surface area contributed by atoms with Crippen LogP contribution in [-0.4, -0.2) is 42.9 Å². The van der Waals surface area contributed by atoms with Gasteiger partial charge in [-0.15, -0.1) is 0 Å². The van der Waals surface area contributed by atoms with Gasteiger partial charge >= 0.3 is 0 Å². The van der Waals surface area contributed by atoms with Crippen molar-refractivity contribution in [2.75, 3.05) is 20.3 Å². The third kappa shape index (κ3) is 2.40. The second-order valence-corrected chi connectivity index (χ2v) is 2.73. The summed E-state index contributed by atoms with van der Waals surface area (Å²) in [6, 6.07) is 0. The molecule has 0 unspecified atom stereocenters. The fraction of sp³-hybridized carbons (Fsp3) is 0.375. The van der Waals surface area contributed by atoms with Gasteiger partial charge in [0.15, 0.2) is 0 Å². The molecule has 1 aliphatic rings. The molecule has 2 N–H and O–H groups in total. The van der Waals surface area contributed by atoms with E-state index in [1.807, 2.05) is 0 Å². The number of carbonyl (C=O) groups excluding carboxylic acids is 3. The summed E-state index contributed by atoms with van der Waals surface area (Å²) >= 11 is 0. The van der Waals surface area contributed by atoms with E-state index in [2.05, 4.69) is 10.6 Å². The minimum Gasteiger partial charge on any atom is -0.342 e. The van der Waals surface area contributed by atoms with Crippen LogP contribution in [0.4, 0.5) is 0 Å². The van der Waals surface area contributed by atoms with Crippen molar-refractivity contribution in [2.45, 2.75) is 0 Å². The first kappa shape index (κ1) is 10.4. The molecule has 0 saturated carbocycles. The molecular weight excluding hydrogens is 186 g/mol. The maximum Gasteiger partial charge on any atom is 0.254 e. The minimum absolute atomic E-state index is 0.230. The molecule has 0 spiro atoms. The second kappa shape index (κ2) is 4.52. The summed E-state index contributed by atoms with van der Waals surface area (Å²) in [5.74, 6) is -1.27. The van der Waals surface area contributed by atoms with E-state index in [-0.39, 0.29) is 12.5 Å². The van der Waals surface area contributed by atoms with Crippen molar-refractivity contribution in [1.29, 1.82) is 0 Å². The maximum atomic E-state index is 11.1. The van der Waals surface area contributed by atoms with E-state index in [0.717, 1.165) is 17.1 Å². The van der Waals surface area contributed by atoms with Crippen molar-refractivity contribution in [2.24, 2.45) is 0 Å². The topological polar surface area (TPSA) is 78.5 Å². The molecule has 6 heteroatoms. The molecule has 0 saturated heterocycles. The predicted octanol–water partition coefficient (Wildman–Crippen LogP) is -1.80. The summed E-state index contributed by atoms with van der Waals surface area (Å²) in [6.07, 6.45) is 2.29. The predicted molar refractivity (Wildman–Crippen MR) is 47.9 cm³/mol. The Hall–Kier alpha value is -1.69.